The molecule has 2 heterocycles. The highest BCUT2D eigenvalue weighted by Crippen LogP contribution is 2.22. The zero-order valence-corrected chi connectivity index (χ0v) is 19.1. The Hall–Kier alpha value is -0.290. The van der Waals surface area contributed by atoms with Crippen LogP contribution in [0.3, 0.4) is 0 Å². The summed E-state index contributed by atoms with van der Waals surface area (Å²) in [5, 5.41) is 3.25. The minimum absolute atomic E-state index is 0. The molecule has 1 unspecified atom stereocenters. The first-order chi connectivity index (χ1) is 13.0. The summed E-state index contributed by atoms with van der Waals surface area (Å²) in [4.78, 5) is 6.69. The van der Waals surface area contributed by atoms with Crippen molar-refractivity contribution in [2.75, 3.05) is 39.4 Å². The van der Waals surface area contributed by atoms with Gasteiger partial charge in [-0.05, 0) is 51.9 Å². The predicted octanol–water partition coefficient (Wildman–Crippen LogP) is 4.35. The van der Waals surface area contributed by atoms with Gasteiger partial charge in [0, 0.05) is 39.2 Å². The molecule has 166 valence electrons. The molecule has 5 nitrogen and oxygen atoms in total. The fraction of sp³-hybridized carbons (Fsp3) is 0.947. The molecule has 0 aromatic heterocycles. The standard InChI is InChI=1S/C19H34F3N3O2.HI/c1-2-23-18(24-11-5-4-10-19(20,21)22)25-12-8-16(9-13-25)27-15-17-7-3-6-14-26-17;/h16-17H,2-15H2,1H3,(H,23,24);1H. The maximum absolute atomic E-state index is 12.2. The van der Waals surface area contributed by atoms with E-state index < -0.39 is 12.6 Å². The largest absolute Gasteiger partial charge is 0.389 e. The van der Waals surface area contributed by atoms with Crippen LogP contribution in [0.4, 0.5) is 13.2 Å². The third-order valence-corrected chi connectivity index (χ3v) is 5.00. The molecular weight excluding hydrogens is 486 g/mol. The lowest BCUT2D eigenvalue weighted by Crippen LogP contribution is -2.47. The average molecular weight is 521 g/mol. The van der Waals surface area contributed by atoms with Crippen molar-refractivity contribution in [1.29, 1.82) is 0 Å². The van der Waals surface area contributed by atoms with Gasteiger partial charge < -0.3 is 19.7 Å². The molecule has 0 aromatic carbocycles. The normalized spacial score (nSPS) is 22.1. The number of alkyl halides is 3. The van der Waals surface area contributed by atoms with Crippen LogP contribution in [0.15, 0.2) is 4.99 Å². The molecule has 2 rings (SSSR count). The number of hydrogen-bond donors (Lipinski definition) is 1. The molecule has 0 bridgehead atoms. The SMILES string of the molecule is CCNC(=NCCCCC(F)(F)F)N1CCC(OCC2CCCCO2)CC1.I. The third kappa shape index (κ3) is 10.5. The zero-order chi connectivity index (χ0) is 19.5. The van der Waals surface area contributed by atoms with Crippen LogP contribution in [-0.2, 0) is 9.47 Å². The number of guanidine groups is 1. The Labute approximate surface area is 183 Å². The number of ether oxygens (including phenoxy) is 2. The van der Waals surface area contributed by atoms with Crippen molar-refractivity contribution in [3.8, 4) is 0 Å². The smallest absolute Gasteiger partial charge is 0.376 e. The maximum atomic E-state index is 12.2. The first-order valence-corrected chi connectivity index (χ1v) is 10.3. The monoisotopic (exact) mass is 521 g/mol. The number of hydrogen-bond acceptors (Lipinski definition) is 3. The zero-order valence-electron chi connectivity index (χ0n) is 16.8. The lowest BCUT2D eigenvalue weighted by Gasteiger charge is -2.35. The molecule has 0 aliphatic carbocycles. The van der Waals surface area contributed by atoms with Gasteiger partial charge in [-0.1, -0.05) is 0 Å². The molecule has 28 heavy (non-hydrogen) atoms. The first kappa shape index (κ1) is 25.7. The maximum Gasteiger partial charge on any atom is 0.389 e. The van der Waals surface area contributed by atoms with Crippen LogP contribution < -0.4 is 5.32 Å². The number of likely N-dealkylation sites (tertiary alicyclic amines) is 1. The van der Waals surface area contributed by atoms with E-state index in [0.717, 1.165) is 57.9 Å². The molecule has 0 spiro atoms. The van der Waals surface area contributed by atoms with Crippen LogP contribution in [0.25, 0.3) is 0 Å². The van der Waals surface area contributed by atoms with Crippen molar-refractivity contribution in [2.24, 2.45) is 4.99 Å². The molecule has 1 N–H and O–H groups in total. The van der Waals surface area contributed by atoms with E-state index in [2.05, 4.69) is 15.2 Å². The minimum atomic E-state index is -4.07. The van der Waals surface area contributed by atoms with Gasteiger partial charge in [0.1, 0.15) is 0 Å². The molecule has 2 aliphatic rings. The minimum Gasteiger partial charge on any atom is -0.376 e. The highest BCUT2D eigenvalue weighted by molar-refractivity contribution is 14.0. The number of rotatable bonds is 8. The average Bonchev–Trinajstić information content (AvgIpc) is 2.66. The number of nitrogens with one attached hydrogen (secondary N) is 1. The van der Waals surface area contributed by atoms with Crippen molar-refractivity contribution in [3.63, 3.8) is 0 Å². The van der Waals surface area contributed by atoms with Gasteiger partial charge in [-0.3, -0.25) is 4.99 Å². The topological polar surface area (TPSA) is 46.1 Å². The quantitative estimate of drug-likeness (QED) is 0.223. The van der Waals surface area contributed by atoms with Crippen LogP contribution in [-0.4, -0.2) is 68.6 Å². The van der Waals surface area contributed by atoms with Crippen LogP contribution in [0, 0.1) is 0 Å². The van der Waals surface area contributed by atoms with E-state index in [-0.39, 0.29) is 42.6 Å². The molecule has 2 fully saturated rings. The van der Waals surface area contributed by atoms with Gasteiger partial charge in [0.25, 0.3) is 0 Å². The van der Waals surface area contributed by atoms with E-state index in [0.29, 0.717) is 19.6 Å². The summed E-state index contributed by atoms with van der Waals surface area (Å²) in [6.07, 6.45) is 1.61. The molecule has 1 atom stereocenters. The summed E-state index contributed by atoms with van der Waals surface area (Å²) in [5.74, 6) is 0.804. The Morgan fingerprint density at radius 2 is 1.93 bits per heavy atom. The highest BCUT2D eigenvalue weighted by Gasteiger charge is 2.26. The van der Waals surface area contributed by atoms with E-state index in [1.165, 1.54) is 6.42 Å². The number of piperidine rings is 1. The fourth-order valence-electron chi connectivity index (χ4n) is 3.46. The number of unbranched alkanes of at least 4 members (excludes halogenated alkanes) is 1. The summed E-state index contributed by atoms with van der Waals surface area (Å²) >= 11 is 0. The van der Waals surface area contributed by atoms with Gasteiger partial charge in [0.2, 0.25) is 0 Å². The molecule has 2 saturated heterocycles. The number of nitrogens with zero attached hydrogens (tertiary/aromatic N) is 2. The van der Waals surface area contributed by atoms with Gasteiger partial charge in [0.05, 0.1) is 18.8 Å². The summed E-state index contributed by atoms with van der Waals surface area (Å²) in [5.41, 5.74) is 0. The molecular formula is C19H35F3IN3O2. The second-order valence-electron chi connectivity index (χ2n) is 7.32. The Bertz CT molecular complexity index is 439. The summed E-state index contributed by atoms with van der Waals surface area (Å²) in [6, 6.07) is 0. The lowest BCUT2D eigenvalue weighted by atomic mass is 10.1. The van der Waals surface area contributed by atoms with E-state index in [1.54, 1.807) is 0 Å². The van der Waals surface area contributed by atoms with E-state index in [9.17, 15) is 13.2 Å². The molecule has 0 radical (unpaired) electrons. The second-order valence-corrected chi connectivity index (χ2v) is 7.32. The van der Waals surface area contributed by atoms with Crippen molar-refractivity contribution in [3.05, 3.63) is 0 Å². The van der Waals surface area contributed by atoms with Crippen molar-refractivity contribution < 1.29 is 22.6 Å². The van der Waals surface area contributed by atoms with Gasteiger partial charge in [-0.25, -0.2) is 0 Å². The summed E-state index contributed by atoms with van der Waals surface area (Å²) in [7, 11) is 0. The van der Waals surface area contributed by atoms with E-state index >= 15 is 0 Å². The molecule has 0 aromatic rings. The molecule has 2 aliphatic heterocycles. The van der Waals surface area contributed by atoms with Crippen LogP contribution >= 0.6 is 24.0 Å². The van der Waals surface area contributed by atoms with E-state index in [1.807, 2.05) is 6.92 Å². The first-order valence-electron chi connectivity index (χ1n) is 10.3. The highest BCUT2D eigenvalue weighted by atomic mass is 127. The fourth-order valence-corrected chi connectivity index (χ4v) is 3.46. The van der Waals surface area contributed by atoms with Gasteiger partial charge >= 0.3 is 6.18 Å². The Kier molecular flexibility index (Phi) is 12.7. The number of halogens is 4. The molecule has 0 amide bonds. The van der Waals surface area contributed by atoms with Crippen LogP contribution in [0.1, 0.15) is 58.3 Å². The van der Waals surface area contributed by atoms with Crippen LogP contribution in [0.5, 0.6) is 0 Å². The number of aliphatic imine (C=N–C) groups is 1. The van der Waals surface area contributed by atoms with Gasteiger partial charge in [-0.15, -0.1) is 24.0 Å². The third-order valence-electron chi connectivity index (χ3n) is 5.00. The predicted molar refractivity (Wildman–Crippen MR) is 115 cm³/mol. The van der Waals surface area contributed by atoms with Crippen molar-refractivity contribution in [2.45, 2.75) is 76.7 Å². The Morgan fingerprint density at radius 3 is 2.54 bits per heavy atom. The second kappa shape index (κ2) is 13.8. The van der Waals surface area contributed by atoms with Crippen molar-refractivity contribution in [1.82, 2.24) is 10.2 Å². The van der Waals surface area contributed by atoms with Gasteiger partial charge in [0.15, 0.2) is 5.96 Å². The summed E-state index contributed by atoms with van der Waals surface area (Å²) < 4.78 is 48.3. The van der Waals surface area contributed by atoms with Crippen molar-refractivity contribution >= 4 is 29.9 Å². The Morgan fingerprint density at radius 1 is 1.18 bits per heavy atom. The van der Waals surface area contributed by atoms with E-state index in [4.69, 9.17) is 9.47 Å². The Balaban J connectivity index is 0.00000392. The molecule has 0 saturated carbocycles. The van der Waals surface area contributed by atoms with Crippen LogP contribution in [0.2, 0.25) is 0 Å². The van der Waals surface area contributed by atoms with Gasteiger partial charge in [-0.2, -0.15) is 13.2 Å². The molecule has 9 heteroatoms. The lowest BCUT2D eigenvalue weighted by molar-refractivity contribution is -0.135. The summed E-state index contributed by atoms with van der Waals surface area (Å²) in [6.45, 7) is 6.40.